The number of carbonyl (C=O) groups is 1. The molecule has 0 spiro atoms. The number of nitrogens with one attached hydrogen (secondary N) is 1. The standard InChI is InChI=1S/C19H36N2O3/c1-7-18(8-2)13(11-14(18)23-9-3)21-16(22)19(20)12-15(24-10-4)17(19,5)6/h13-15H,7-12,20H2,1-6H3,(H,21,22). The number of carbonyl (C=O) groups excluding carboxylic acids is 1. The molecule has 0 aromatic heterocycles. The molecule has 0 aliphatic heterocycles. The van der Waals surface area contributed by atoms with Crippen LogP contribution >= 0.6 is 0 Å². The minimum absolute atomic E-state index is 0.0327. The number of nitrogens with two attached hydrogens (primary N) is 1. The van der Waals surface area contributed by atoms with Crippen molar-refractivity contribution in [3.8, 4) is 0 Å². The normalized spacial score (nSPS) is 36.5. The molecule has 0 radical (unpaired) electrons. The summed E-state index contributed by atoms with van der Waals surface area (Å²) in [5, 5.41) is 3.26. The average Bonchev–Trinajstić information content (AvgIpc) is 2.54. The summed E-state index contributed by atoms with van der Waals surface area (Å²) in [7, 11) is 0. The molecular formula is C19H36N2O3. The molecule has 2 rings (SSSR count). The number of ether oxygens (including phenoxy) is 2. The largest absolute Gasteiger partial charge is 0.378 e. The van der Waals surface area contributed by atoms with Crippen molar-refractivity contribution >= 4 is 5.91 Å². The van der Waals surface area contributed by atoms with E-state index >= 15 is 0 Å². The molecule has 0 bridgehead atoms. The fourth-order valence-corrected chi connectivity index (χ4v) is 4.69. The third kappa shape index (κ3) is 2.69. The third-order valence-corrected chi connectivity index (χ3v) is 7.01. The van der Waals surface area contributed by atoms with E-state index in [0.717, 1.165) is 25.9 Å². The zero-order chi connectivity index (χ0) is 18.2. The second-order valence-electron chi connectivity index (χ2n) is 7.99. The summed E-state index contributed by atoms with van der Waals surface area (Å²) in [6.07, 6.45) is 3.77. The molecule has 0 saturated heterocycles. The first-order valence-electron chi connectivity index (χ1n) is 9.56. The van der Waals surface area contributed by atoms with Crippen LogP contribution in [0.4, 0.5) is 0 Å². The van der Waals surface area contributed by atoms with Gasteiger partial charge in [-0.1, -0.05) is 27.7 Å². The minimum Gasteiger partial charge on any atom is -0.378 e. The highest BCUT2D eigenvalue weighted by molar-refractivity contribution is 5.89. The maximum atomic E-state index is 13.0. The van der Waals surface area contributed by atoms with Gasteiger partial charge in [0.25, 0.3) is 0 Å². The molecule has 4 atom stereocenters. The van der Waals surface area contributed by atoms with Gasteiger partial charge >= 0.3 is 0 Å². The van der Waals surface area contributed by atoms with Gasteiger partial charge in [0, 0.05) is 36.5 Å². The molecule has 3 N–H and O–H groups in total. The van der Waals surface area contributed by atoms with Crippen LogP contribution in [0.5, 0.6) is 0 Å². The summed E-state index contributed by atoms with van der Waals surface area (Å²) < 4.78 is 11.6. The minimum atomic E-state index is -0.850. The van der Waals surface area contributed by atoms with E-state index in [1.165, 1.54) is 0 Å². The molecule has 2 saturated carbocycles. The molecule has 5 nitrogen and oxygen atoms in total. The molecule has 0 heterocycles. The number of amides is 1. The lowest BCUT2D eigenvalue weighted by atomic mass is 9.53. The van der Waals surface area contributed by atoms with Gasteiger partial charge < -0.3 is 20.5 Å². The van der Waals surface area contributed by atoms with E-state index in [-0.39, 0.29) is 35.0 Å². The maximum Gasteiger partial charge on any atom is 0.241 e. The number of rotatable bonds is 8. The summed E-state index contributed by atoms with van der Waals surface area (Å²) in [5.41, 5.74) is 5.35. The summed E-state index contributed by atoms with van der Waals surface area (Å²) >= 11 is 0. The van der Waals surface area contributed by atoms with E-state index in [1.54, 1.807) is 0 Å². The molecule has 1 amide bonds. The Bertz CT molecular complexity index is 462. The third-order valence-electron chi connectivity index (χ3n) is 7.01. The predicted molar refractivity (Wildman–Crippen MR) is 95.7 cm³/mol. The van der Waals surface area contributed by atoms with Crippen molar-refractivity contribution in [2.45, 2.75) is 91.0 Å². The van der Waals surface area contributed by atoms with Gasteiger partial charge in [-0.05, 0) is 33.1 Å². The van der Waals surface area contributed by atoms with Crippen molar-refractivity contribution in [1.29, 1.82) is 0 Å². The van der Waals surface area contributed by atoms with Gasteiger partial charge in [0.05, 0.1) is 12.2 Å². The molecule has 2 fully saturated rings. The molecule has 140 valence electrons. The first-order valence-corrected chi connectivity index (χ1v) is 9.56. The Balaban J connectivity index is 2.05. The quantitative estimate of drug-likeness (QED) is 0.712. The highest BCUT2D eigenvalue weighted by Crippen LogP contribution is 2.52. The van der Waals surface area contributed by atoms with Crippen molar-refractivity contribution in [2.75, 3.05) is 13.2 Å². The Morgan fingerprint density at radius 1 is 1.08 bits per heavy atom. The van der Waals surface area contributed by atoms with Crippen molar-refractivity contribution in [3.05, 3.63) is 0 Å². The van der Waals surface area contributed by atoms with Gasteiger partial charge in [0.2, 0.25) is 5.91 Å². The Morgan fingerprint density at radius 3 is 2.08 bits per heavy atom. The smallest absolute Gasteiger partial charge is 0.241 e. The van der Waals surface area contributed by atoms with E-state index in [4.69, 9.17) is 15.2 Å². The van der Waals surface area contributed by atoms with E-state index in [2.05, 4.69) is 19.2 Å². The van der Waals surface area contributed by atoms with Gasteiger partial charge in [0.15, 0.2) is 0 Å². The average molecular weight is 341 g/mol. The maximum absolute atomic E-state index is 13.0. The van der Waals surface area contributed by atoms with Crippen LogP contribution in [0.2, 0.25) is 0 Å². The van der Waals surface area contributed by atoms with Gasteiger partial charge in [-0.25, -0.2) is 0 Å². The molecule has 5 heteroatoms. The van der Waals surface area contributed by atoms with Crippen molar-refractivity contribution in [1.82, 2.24) is 5.32 Å². The zero-order valence-corrected chi connectivity index (χ0v) is 16.3. The highest BCUT2D eigenvalue weighted by Gasteiger charge is 2.64. The molecule has 0 aromatic carbocycles. The van der Waals surface area contributed by atoms with E-state index in [9.17, 15) is 4.79 Å². The number of hydrogen-bond acceptors (Lipinski definition) is 4. The van der Waals surface area contributed by atoms with Crippen LogP contribution in [0, 0.1) is 10.8 Å². The topological polar surface area (TPSA) is 73.6 Å². The summed E-state index contributed by atoms with van der Waals surface area (Å²) in [4.78, 5) is 13.0. The van der Waals surface area contributed by atoms with Crippen LogP contribution in [0.25, 0.3) is 0 Å². The molecule has 2 aliphatic carbocycles. The second-order valence-corrected chi connectivity index (χ2v) is 7.99. The monoisotopic (exact) mass is 340 g/mol. The molecule has 0 aromatic rings. The number of hydrogen-bond donors (Lipinski definition) is 2. The zero-order valence-electron chi connectivity index (χ0n) is 16.3. The summed E-state index contributed by atoms with van der Waals surface area (Å²) in [5.74, 6) is -0.0327. The fourth-order valence-electron chi connectivity index (χ4n) is 4.69. The van der Waals surface area contributed by atoms with Gasteiger partial charge in [-0.2, -0.15) is 0 Å². The van der Waals surface area contributed by atoms with Crippen LogP contribution < -0.4 is 11.1 Å². The van der Waals surface area contributed by atoms with E-state index < -0.39 is 5.54 Å². The van der Waals surface area contributed by atoms with Crippen molar-refractivity contribution < 1.29 is 14.3 Å². The molecule has 24 heavy (non-hydrogen) atoms. The highest BCUT2D eigenvalue weighted by atomic mass is 16.5. The van der Waals surface area contributed by atoms with Crippen molar-refractivity contribution in [2.24, 2.45) is 16.6 Å². The van der Waals surface area contributed by atoms with Gasteiger partial charge in [0.1, 0.15) is 5.54 Å². The lowest BCUT2D eigenvalue weighted by Crippen LogP contribution is -2.78. The Hall–Kier alpha value is -0.650. The van der Waals surface area contributed by atoms with E-state index in [1.807, 2.05) is 27.7 Å². The fraction of sp³-hybridized carbons (Fsp3) is 0.947. The van der Waals surface area contributed by atoms with Crippen LogP contribution in [-0.4, -0.2) is 42.9 Å². The first-order chi connectivity index (χ1) is 11.2. The van der Waals surface area contributed by atoms with Crippen LogP contribution in [0.1, 0.15) is 67.2 Å². The Kier molecular flexibility index (Phi) is 5.68. The Morgan fingerprint density at radius 2 is 1.62 bits per heavy atom. The molecule has 4 unspecified atom stereocenters. The van der Waals surface area contributed by atoms with Crippen LogP contribution in [0.3, 0.4) is 0 Å². The van der Waals surface area contributed by atoms with Gasteiger partial charge in [-0.3, -0.25) is 4.79 Å². The van der Waals surface area contributed by atoms with Crippen molar-refractivity contribution in [3.63, 3.8) is 0 Å². The van der Waals surface area contributed by atoms with E-state index in [0.29, 0.717) is 13.0 Å². The lowest BCUT2D eigenvalue weighted by Gasteiger charge is -2.60. The van der Waals surface area contributed by atoms with Crippen LogP contribution in [-0.2, 0) is 14.3 Å². The summed E-state index contributed by atoms with van der Waals surface area (Å²) in [6.45, 7) is 13.8. The Labute approximate surface area is 147 Å². The summed E-state index contributed by atoms with van der Waals surface area (Å²) in [6, 6.07) is 0.152. The lowest BCUT2D eigenvalue weighted by molar-refractivity contribution is -0.179. The SMILES string of the molecule is CCOC1CC(NC(=O)C2(N)CC(OCC)C2(C)C)C1(CC)CC. The van der Waals surface area contributed by atoms with Gasteiger partial charge in [-0.15, -0.1) is 0 Å². The molecular weight excluding hydrogens is 304 g/mol. The predicted octanol–water partition coefficient (Wildman–Crippen LogP) is 2.62. The van der Waals surface area contributed by atoms with Crippen LogP contribution in [0.15, 0.2) is 0 Å². The second kappa shape index (κ2) is 6.93. The first kappa shape index (κ1) is 19.7. The molecule has 2 aliphatic rings.